The minimum Gasteiger partial charge on any atom is -0.324 e. The highest BCUT2D eigenvalue weighted by Crippen LogP contribution is 2.27. The van der Waals surface area contributed by atoms with E-state index in [9.17, 15) is 4.39 Å². The van der Waals surface area contributed by atoms with Gasteiger partial charge in [-0.3, -0.25) is 0 Å². The molecule has 0 saturated heterocycles. The van der Waals surface area contributed by atoms with Crippen LogP contribution in [0.1, 0.15) is 43.5 Å². The minimum absolute atomic E-state index is 0.0157. The molecule has 2 atom stereocenters. The number of hydrogen-bond donors (Lipinski definition) is 1. The number of benzene rings is 1. The zero-order valence-electron chi connectivity index (χ0n) is 10.8. The van der Waals surface area contributed by atoms with E-state index in [1.807, 2.05) is 12.1 Å². The predicted octanol–water partition coefficient (Wildman–Crippen LogP) is 3.73. The average Bonchev–Trinajstić information content (AvgIpc) is 2.22. The van der Waals surface area contributed by atoms with Crippen molar-refractivity contribution in [1.82, 2.24) is 0 Å². The fraction of sp³-hybridized carbons (Fsp3) is 0.571. The number of rotatable bonds is 3. The molecule has 16 heavy (non-hydrogen) atoms. The van der Waals surface area contributed by atoms with Crippen molar-refractivity contribution in [2.45, 2.75) is 40.7 Å². The van der Waals surface area contributed by atoms with Gasteiger partial charge in [-0.1, -0.05) is 32.9 Å². The van der Waals surface area contributed by atoms with E-state index in [0.29, 0.717) is 23.0 Å². The molecule has 0 bridgehead atoms. The zero-order chi connectivity index (χ0) is 12.5. The fourth-order valence-electron chi connectivity index (χ4n) is 1.89. The Balaban J connectivity index is 3.05. The molecular weight excluding hydrogens is 201 g/mol. The van der Waals surface area contributed by atoms with E-state index in [1.165, 1.54) is 0 Å². The van der Waals surface area contributed by atoms with Crippen molar-refractivity contribution in [1.29, 1.82) is 0 Å². The molecule has 0 aliphatic heterocycles. The van der Waals surface area contributed by atoms with Gasteiger partial charge in [0.25, 0.3) is 0 Å². The van der Waals surface area contributed by atoms with Crippen LogP contribution in [0.4, 0.5) is 4.39 Å². The maximum absolute atomic E-state index is 13.5. The SMILES string of the molecule is Cc1cc(C(N)C(C)C(C)C)cc(C)c1F. The van der Waals surface area contributed by atoms with Gasteiger partial charge in [0.1, 0.15) is 5.82 Å². The van der Waals surface area contributed by atoms with Gasteiger partial charge in [-0.15, -0.1) is 0 Å². The van der Waals surface area contributed by atoms with E-state index < -0.39 is 0 Å². The molecule has 2 unspecified atom stereocenters. The first-order chi connectivity index (χ1) is 7.34. The second-order valence-electron chi connectivity index (χ2n) is 5.10. The highest BCUT2D eigenvalue weighted by Gasteiger charge is 2.19. The van der Waals surface area contributed by atoms with E-state index in [-0.39, 0.29) is 11.9 Å². The summed E-state index contributed by atoms with van der Waals surface area (Å²) < 4.78 is 13.5. The van der Waals surface area contributed by atoms with E-state index >= 15 is 0 Å². The molecule has 0 aliphatic rings. The molecule has 2 heteroatoms. The van der Waals surface area contributed by atoms with Crippen LogP contribution in [-0.4, -0.2) is 0 Å². The normalized spacial score (nSPS) is 15.2. The van der Waals surface area contributed by atoms with Crippen LogP contribution in [0.5, 0.6) is 0 Å². The van der Waals surface area contributed by atoms with E-state index in [1.54, 1.807) is 13.8 Å². The average molecular weight is 223 g/mol. The van der Waals surface area contributed by atoms with Gasteiger partial charge in [0, 0.05) is 6.04 Å². The van der Waals surface area contributed by atoms with Gasteiger partial charge < -0.3 is 5.73 Å². The summed E-state index contributed by atoms with van der Waals surface area (Å²) in [6.07, 6.45) is 0. The monoisotopic (exact) mass is 223 g/mol. The summed E-state index contributed by atoms with van der Waals surface area (Å²) in [5.74, 6) is 0.804. The van der Waals surface area contributed by atoms with Gasteiger partial charge in [-0.05, 0) is 42.4 Å². The minimum atomic E-state index is -0.117. The maximum atomic E-state index is 13.5. The lowest BCUT2D eigenvalue weighted by Crippen LogP contribution is -2.23. The Morgan fingerprint density at radius 3 is 1.88 bits per heavy atom. The van der Waals surface area contributed by atoms with Crippen molar-refractivity contribution in [3.63, 3.8) is 0 Å². The van der Waals surface area contributed by atoms with Gasteiger partial charge in [0.2, 0.25) is 0 Å². The van der Waals surface area contributed by atoms with Gasteiger partial charge in [-0.2, -0.15) is 0 Å². The van der Waals surface area contributed by atoms with Crippen LogP contribution in [-0.2, 0) is 0 Å². The molecule has 1 aromatic carbocycles. The van der Waals surface area contributed by atoms with E-state index in [0.717, 1.165) is 5.56 Å². The second kappa shape index (κ2) is 4.96. The fourth-order valence-corrected chi connectivity index (χ4v) is 1.89. The van der Waals surface area contributed by atoms with Gasteiger partial charge in [-0.25, -0.2) is 4.39 Å². The molecule has 0 radical (unpaired) electrons. The summed E-state index contributed by atoms with van der Waals surface area (Å²) in [4.78, 5) is 0. The summed E-state index contributed by atoms with van der Waals surface area (Å²) >= 11 is 0. The van der Waals surface area contributed by atoms with Crippen molar-refractivity contribution in [2.24, 2.45) is 17.6 Å². The molecule has 0 saturated carbocycles. The standard InChI is InChI=1S/C14H22FN/c1-8(2)11(5)14(16)12-6-9(3)13(15)10(4)7-12/h6-8,11,14H,16H2,1-5H3. The molecule has 0 aliphatic carbocycles. The Bertz CT molecular complexity index is 348. The van der Waals surface area contributed by atoms with Crippen LogP contribution in [0.3, 0.4) is 0 Å². The first kappa shape index (κ1) is 13.2. The third-order valence-electron chi connectivity index (χ3n) is 3.46. The Labute approximate surface area is 97.9 Å². The van der Waals surface area contributed by atoms with Crippen molar-refractivity contribution in [2.75, 3.05) is 0 Å². The zero-order valence-corrected chi connectivity index (χ0v) is 10.8. The third kappa shape index (κ3) is 2.62. The summed E-state index contributed by atoms with van der Waals surface area (Å²) in [6, 6.07) is 3.72. The number of hydrogen-bond acceptors (Lipinski definition) is 1. The van der Waals surface area contributed by atoms with Crippen molar-refractivity contribution in [3.05, 3.63) is 34.6 Å². The Morgan fingerprint density at radius 2 is 1.50 bits per heavy atom. The summed E-state index contributed by atoms with van der Waals surface area (Å²) in [7, 11) is 0. The number of halogens is 1. The molecule has 0 fully saturated rings. The summed E-state index contributed by atoms with van der Waals surface area (Å²) in [5, 5.41) is 0. The van der Waals surface area contributed by atoms with Crippen LogP contribution >= 0.6 is 0 Å². The lowest BCUT2D eigenvalue weighted by Gasteiger charge is -2.24. The lowest BCUT2D eigenvalue weighted by molar-refractivity contribution is 0.352. The van der Waals surface area contributed by atoms with Gasteiger partial charge in [0.05, 0.1) is 0 Å². The molecule has 2 N–H and O–H groups in total. The summed E-state index contributed by atoms with van der Waals surface area (Å²) in [5.41, 5.74) is 8.61. The van der Waals surface area contributed by atoms with Crippen LogP contribution in [0.15, 0.2) is 12.1 Å². The molecule has 0 heterocycles. The second-order valence-corrected chi connectivity index (χ2v) is 5.10. The summed E-state index contributed by atoms with van der Waals surface area (Å²) in [6.45, 7) is 10.0. The quantitative estimate of drug-likeness (QED) is 0.830. The topological polar surface area (TPSA) is 26.0 Å². The Morgan fingerprint density at radius 1 is 1.06 bits per heavy atom. The molecule has 0 aromatic heterocycles. The molecule has 0 amide bonds. The first-order valence-electron chi connectivity index (χ1n) is 5.86. The highest BCUT2D eigenvalue weighted by atomic mass is 19.1. The van der Waals surface area contributed by atoms with Crippen molar-refractivity contribution in [3.8, 4) is 0 Å². The van der Waals surface area contributed by atoms with E-state index in [2.05, 4.69) is 20.8 Å². The molecule has 1 nitrogen and oxygen atoms in total. The Hall–Kier alpha value is -0.890. The Kier molecular flexibility index (Phi) is 4.09. The molecular formula is C14H22FN. The smallest absolute Gasteiger partial charge is 0.129 e. The van der Waals surface area contributed by atoms with Crippen LogP contribution in [0, 0.1) is 31.5 Å². The van der Waals surface area contributed by atoms with Crippen LogP contribution in [0.2, 0.25) is 0 Å². The first-order valence-corrected chi connectivity index (χ1v) is 5.86. The lowest BCUT2D eigenvalue weighted by atomic mass is 9.85. The molecule has 0 spiro atoms. The van der Waals surface area contributed by atoms with Gasteiger partial charge >= 0.3 is 0 Å². The van der Waals surface area contributed by atoms with Crippen LogP contribution < -0.4 is 5.73 Å². The van der Waals surface area contributed by atoms with Crippen LogP contribution in [0.25, 0.3) is 0 Å². The number of nitrogens with two attached hydrogens (primary N) is 1. The van der Waals surface area contributed by atoms with Gasteiger partial charge in [0.15, 0.2) is 0 Å². The largest absolute Gasteiger partial charge is 0.324 e. The van der Waals surface area contributed by atoms with E-state index in [4.69, 9.17) is 5.73 Å². The number of aryl methyl sites for hydroxylation is 2. The maximum Gasteiger partial charge on any atom is 0.129 e. The molecule has 1 rings (SSSR count). The van der Waals surface area contributed by atoms with Crippen molar-refractivity contribution < 1.29 is 4.39 Å². The predicted molar refractivity (Wildman–Crippen MR) is 66.8 cm³/mol. The highest BCUT2D eigenvalue weighted by molar-refractivity contribution is 5.32. The molecule has 1 aromatic rings. The van der Waals surface area contributed by atoms with Crippen molar-refractivity contribution >= 4 is 0 Å². The molecule has 90 valence electrons. The third-order valence-corrected chi connectivity index (χ3v) is 3.46.